The first-order valence-electron chi connectivity index (χ1n) is 7.60. The van der Waals surface area contributed by atoms with E-state index in [1.807, 2.05) is 18.2 Å². The summed E-state index contributed by atoms with van der Waals surface area (Å²) < 4.78 is 5.40. The molecule has 0 fully saturated rings. The van der Waals surface area contributed by atoms with Gasteiger partial charge in [0.25, 0.3) is 0 Å². The number of methoxy groups -OCH3 is 1. The van der Waals surface area contributed by atoms with Crippen LogP contribution >= 0.6 is 15.9 Å². The molecule has 3 rings (SSSR count). The van der Waals surface area contributed by atoms with Gasteiger partial charge in [0.15, 0.2) is 0 Å². The molecule has 2 aromatic carbocycles. The van der Waals surface area contributed by atoms with Crippen molar-refractivity contribution in [3.63, 3.8) is 0 Å². The number of carbonyl (C=O) groups is 1. The van der Waals surface area contributed by atoms with Gasteiger partial charge in [0.1, 0.15) is 11.7 Å². The number of amidine groups is 2. The quantitative estimate of drug-likeness (QED) is 0.332. The van der Waals surface area contributed by atoms with Gasteiger partial charge in [-0.05, 0) is 27.6 Å². The Kier molecular flexibility index (Phi) is 4.77. The average molecular weight is 414 g/mol. The summed E-state index contributed by atoms with van der Waals surface area (Å²) in [5, 5.41) is 18.7. The Hall–Kier alpha value is -3.13. The zero-order valence-electron chi connectivity index (χ0n) is 13.8. The van der Waals surface area contributed by atoms with Crippen LogP contribution < -0.4 is 11.1 Å². The summed E-state index contributed by atoms with van der Waals surface area (Å²) >= 11 is 3.61. The SMILES string of the molecule is COC(=O)NC(=N)c1ccc2c(Br)c(-c3ccc(C(=N)N)cc3)[nH]c2c1. The Morgan fingerprint density at radius 1 is 1.15 bits per heavy atom. The number of ether oxygens (including phenoxy) is 1. The van der Waals surface area contributed by atoms with Gasteiger partial charge in [0.05, 0.1) is 17.3 Å². The number of halogens is 1. The Balaban J connectivity index is 1.98. The number of alkyl carbamates (subject to hydrolysis) is 1. The van der Waals surface area contributed by atoms with Crippen molar-refractivity contribution in [3.8, 4) is 11.3 Å². The Morgan fingerprint density at radius 2 is 1.81 bits per heavy atom. The average Bonchev–Trinajstić information content (AvgIpc) is 2.97. The van der Waals surface area contributed by atoms with Gasteiger partial charge in [0.2, 0.25) is 0 Å². The number of rotatable bonds is 3. The van der Waals surface area contributed by atoms with Crippen molar-refractivity contribution < 1.29 is 9.53 Å². The molecule has 0 atom stereocenters. The van der Waals surface area contributed by atoms with Gasteiger partial charge in [-0.15, -0.1) is 0 Å². The summed E-state index contributed by atoms with van der Waals surface area (Å²) in [5.74, 6) is -0.0228. The molecule has 0 saturated carbocycles. The molecule has 0 aliphatic carbocycles. The van der Waals surface area contributed by atoms with Gasteiger partial charge >= 0.3 is 6.09 Å². The molecule has 0 bridgehead atoms. The minimum atomic E-state index is -0.686. The number of benzene rings is 2. The highest BCUT2D eigenvalue weighted by Gasteiger charge is 2.14. The van der Waals surface area contributed by atoms with E-state index in [2.05, 4.69) is 31.0 Å². The standard InChI is InChI=1S/C18H16BrN5O2/c1-26-18(25)24-17(22)11-6-7-12-13(8-11)23-15(14(12)19)9-2-4-10(5-3-9)16(20)21/h2-8,23H,1H3,(H3,20,21)(H2,22,24,25). The van der Waals surface area contributed by atoms with Crippen molar-refractivity contribution >= 4 is 44.6 Å². The van der Waals surface area contributed by atoms with Crippen LogP contribution in [0.3, 0.4) is 0 Å². The van der Waals surface area contributed by atoms with Crippen LogP contribution in [0.15, 0.2) is 46.9 Å². The van der Waals surface area contributed by atoms with Crippen LogP contribution in [0, 0.1) is 10.8 Å². The van der Waals surface area contributed by atoms with E-state index in [4.69, 9.17) is 16.6 Å². The summed E-state index contributed by atoms with van der Waals surface area (Å²) in [5.41, 5.74) is 9.32. The lowest BCUT2D eigenvalue weighted by Crippen LogP contribution is -2.30. The number of nitrogens with two attached hydrogens (primary N) is 1. The lowest BCUT2D eigenvalue weighted by atomic mass is 10.1. The number of aromatic amines is 1. The van der Waals surface area contributed by atoms with Crippen LogP contribution in [-0.2, 0) is 4.74 Å². The molecule has 0 spiro atoms. The van der Waals surface area contributed by atoms with Crippen LogP contribution in [0.5, 0.6) is 0 Å². The lowest BCUT2D eigenvalue weighted by molar-refractivity contribution is 0.177. The summed E-state index contributed by atoms with van der Waals surface area (Å²) in [6.07, 6.45) is -0.686. The first kappa shape index (κ1) is 17.7. The normalized spacial score (nSPS) is 10.5. The van der Waals surface area contributed by atoms with E-state index in [1.54, 1.807) is 24.3 Å². The smallest absolute Gasteiger partial charge is 0.412 e. The van der Waals surface area contributed by atoms with Gasteiger partial charge in [0, 0.05) is 22.0 Å². The van der Waals surface area contributed by atoms with Gasteiger partial charge in [-0.3, -0.25) is 16.1 Å². The Bertz CT molecular complexity index is 1020. The van der Waals surface area contributed by atoms with Crippen molar-refractivity contribution in [2.75, 3.05) is 7.11 Å². The number of amides is 1. The van der Waals surface area contributed by atoms with E-state index >= 15 is 0 Å². The predicted molar refractivity (Wildman–Crippen MR) is 105 cm³/mol. The van der Waals surface area contributed by atoms with E-state index in [0.717, 1.165) is 26.6 Å². The van der Waals surface area contributed by atoms with Crippen molar-refractivity contribution in [1.29, 1.82) is 10.8 Å². The number of hydrogen-bond donors (Lipinski definition) is 5. The number of nitrogen functional groups attached to an aromatic ring is 1. The fourth-order valence-electron chi connectivity index (χ4n) is 2.56. The first-order valence-corrected chi connectivity index (χ1v) is 8.40. The van der Waals surface area contributed by atoms with Gasteiger partial charge in [-0.2, -0.15) is 0 Å². The van der Waals surface area contributed by atoms with Gasteiger partial charge in [-0.1, -0.05) is 36.4 Å². The highest BCUT2D eigenvalue weighted by molar-refractivity contribution is 9.10. The van der Waals surface area contributed by atoms with E-state index in [0.29, 0.717) is 11.1 Å². The minimum absolute atomic E-state index is 0.0218. The monoisotopic (exact) mass is 413 g/mol. The van der Waals surface area contributed by atoms with Crippen molar-refractivity contribution in [1.82, 2.24) is 10.3 Å². The van der Waals surface area contributed by atoms with E-state index in [-0.39, 0.29) is 11.7 Å². The molecule has 0 saturated heterocycles. The molecule has 1 aromatic heterocycles. The van der Waals surface area contributed by atoms with Crippen molar-refractivity contribution in [2.45, 2.75) is 0 Å². The van der Waals surface area contributed by atoms with Crippen LogP contribution in [-0.4, -0.2) is 29.9 Å². The minimum Gasteiger partial charge on any atom is -0.453 e. The maximum atomic E-state index is 11.3. The topological polar surface area (TPSA) is 128 Å². The Labute approximate surface area is 157 Å². The molecule has 132 valence electrons. The lowest BCUT2D eigenvalue weighted by Gasteiger charge is -2.05. The fourth-order valence-corrected chi connectivity index (χ4v) is 3.23. The molecule has 1 amide bonds. The summed E-state index contributed by atoms with van der Waals surface area (Å²) in [6, 6.07) is 12.7. The number of H-pyrrole nitrogens is 1. The molecule has 8 heteroatoms. The third-order valence-electron chi connectivity index (χ3n) is 3.92. The number of nitrogens with one attached hydrogen (secondary N) is 4. The highest BCUT2D eigenvalue weighted by atomic mass is 79.9. The molecule has 0 unspecified atom stereocenters. The summed E-state index contributed by atoms with van der Waals surface area (Å²) in [4.78, 5) is 14.6. The molecule has 6 N–H and O–H groups in total. The zero-order valence-corrected chi connectivity index (χ0v) is 15.4. The van der Waals surface area contributed by atoms with Gasteiger partial charge < -0.3 is 15.5 Å². The summed E-state index contributed by atoms with van der Waals surface area (Å²) in [6.45, 7) is 0. The maximum Gasteiger partial charge on any atom is 0.412 e. The van der Waals surface area contributed by atoms with Gasteiger partial charge in [-0.25, -0.2) is 4.79 Å². The van der Waals surface area contributed by atoms with Crippen LogP contribution in [0.4, 0.5) is 4.79 Å². The molecule has 0 aliphatic heterocycles. The van der Waals surface area contributed by atoms with E-state index in [1.165, 1.54) is 7.11 Å². The van der Waals surface area contributed by atoms with Crippen molar-refractivity contribution in [2.24, 2.45) is 5.73 Å². The number of fused-ring (bicyclic) bond motifs is 1. The second-order valence-electron chi connectivity index (χ2n) is 5.56. The van der Waals surface area contributed by atoms with Crippen molar-refractivity contribution in [3.05, 3.63) is 58.1 Å². The van der Waals surface area contributed by atoms with E-state index < -0.39 is 6.09 Å². The molecule has 3 aromatic rings. The van der Waals surface area contributed by atoms with Crippen LogP contribution in [0.25, 0.3) is 22.2 Å². The molecule has 0 radical (unpaired) electrons. The van der Waals surface area contributed by atoms with Crippen LogP contribution in [0.1, 0.15) is 11.1 Å². The first-order chi connectivity index (χ1) is 12.4. The van der Waals surface area contributed by atoms with E-state index in [9.17, 15) is 4.79 Å². The molecular weight excluding hydrogens is 398 g/mol. The summed E-state index contributed by atoms with van der Waals surface area (Å²) in [7, 11) is 1.25. The molecule has 0 aliphatic rings. The molecule has 1 heterocycles. The Morgan fingerprint density at radius 3 is 2.42 bits per heavy atom. The molecule has 26 heavy (non-hydrogen) atoms. The maximum absolute atomic E-state index is 11.3. The van der Waals surface area contributed by atoms with Crippen LogP contribution in [0.2, 0.25) is 0 Å². The highest BCUT2D eigenvalue weighted by Crippen LogP contribution is 2.35. The third kappa shape index (κ3) is 3.31. The third-order valence-corrected chi connectivity index (χ3v) is 4.74. The number of hydrogen-bond acceptors (Lipinski definition) is 4. The molecule has 7 nitrogen and oxygen atoms in total. The number of aromatic nitrogens is 1. The second kappa shape index (κ2) is 7.01. The molecular formula is C18H16BrN5O2. The largest absolute Gasteiger partial charge is 0.453 e. The predicted octanol–water partition coefficient (Wildman–Crippen LogP) is 3.56. The fraction of sp³-hybridized carbons (Fsp3) is 0.0556. The zero-order chi connectivity index (χ0) is 18.8. The number of carbonyl (C=O) groups excluding carboxylic acids is 1. The second-order valence-corrected chi connectivity index (χ2v) is 6.35.